The van der Waals surface area contributed by atoms with Crippen molar-refractivity contribution in [2.24, 2.45) is 0 Å². The summed E-state index contributed by atoms with van der Waals surface area (Å²) in [5.74, 6) is 1.57. The number of hydrogen-bond donors (Lipinski definition) is 1. The second-order valence-electron chi connectivity index (χ2n) is 5.00. The fraction of sp³-hybridized carbons (Fsp3) is 0.429. The fourth-order valence-electron chi connectivity index (χ4n) is 2.32. The third-order valence-electron chi connectivity index (χ3n) is 3.44. The molecule has 0 bridgehead atoms. The highest BCUT2D eigenvalue weighted by Crippen LogP contribution is 2.26. The molecule has 1 N–H and O–H groups in total. The molecule has 0 aromatic carbocycles. The number of amides is 1. The summed E-state index contributed by atoms with van der Waals surface area (Å²) in [6.07, 6.45) is 0. The number of carbonyl (C=O) groups excluding carboxylic acids is 1. The first kappa shape index (κ1) is 16.0. The number of piperazine rings is 1. The lowest BCUT2D eigenvalue weighted by atomic mass is 10.2. The number of aryl methyl sites for hydroxylation is 1. The van der Waals surface area contributed by atoms with E-state index in [2.05, 4.69) is 10.3 Å². The highest BCUT2D eigenvalue weighted by Gasteiger charge is 2.26. The van der Waals surface area contributed by atoms with Gasteiger partial charge in [0.1, 0.15) is 11.5 Å². The van der Waals surface area contributed by atoms with Crippen LogP contribution in [0.2, 0.25) is 0 Å². The van der Waals surface area contributed by atoms with E-state index in [4.69, 9.17) is 4.42 Å². The first-order chi connectivity index (χ1) is 9.65. The number of rotatable bonds is 2. The number of nitrogens with zero attached hydrogens (tertiary/aromatic N) is 2. The van der Waals surface area contributed by atoms with Gasteiger partial charge in [-0.3, -0.25) is 4.79 Å². The lowest BCUT2D eigenvalue weighted by molar-refractivity contribution is 0.0650. The van der Waals surface area contributed by atoms with Crippen LogP contribution in [0, 0.1) is 6.92 Å². The van der Waals surface area contributed by atoms with Crippen molar-refractivity contribution in [3.63, 3.8) is 0 Å². The van der Waals surface area contributed by atoms with Gasteiger partial charge in [0.2, 0.25) is 0 Å². The second kappa shape index (κ2) is 6.60. The number of hydrogen-bond acceptors (Lipinski definition) is 5. The van der Waals surface area contributed by atoms with Gasteiger partial charge in [0.15, 0.2) is 10.8 Å². The van der Waals surface area contributed by atoms with Crippen molar-refractivity contribution in [2.75, 3.05) is 19.6 Å². The molecule has 0 radical (unpaired) electrons. The Morgan fingerprint density at radius 1 is 1.52 bits per heavy atom. The number of furan rings is 1. The van der Waals surface area contributed by atoms with Gasteiger partial charge in [-0.05, 0) is 26.0 Å². The van der Waals surface area contributed by atoms with Crippen LogP contribution in [-0.4, -0.2) is 41.5 Å². The SMILES string of the molecule is Cc1ccc(-c2nc(C(=O)N3CCNC[C@H]3C)cs2)o1.Cl. The van der Waals surface area contributed by atoms with E-state index in [1.165, 1.54) is 11.3 Å². The van der Waals surface area contributed by atoms with E-state index in [1.54, 1.807) is 0 Å². The van der Waals surface area contributed by atoms with Crippen molar-refractivity contribution in [2.45, 2.75) is 19.9 Å². The average molecular weight is 328 g/mol. The maximum absolute atomic E-state index is 12.5. The molecule has 3 rings (SSSR count). The van der Waals surface area contributed by atoms with Gasteiger partial charge < -0.3 is 14.6 Å². The standard InChI is InChI=1S/C14H17N3O2S.ClH/c1-9-7-15-5-6-17(9)14(18)11-8-20-13(16-11)12-4-3-10(2)19-12;/h3-4,8-9,15H,5-7H2,1-2H3;1H/t9-;/m1./s1. The van der Waals surface area contributed by atoms with Gasteiger partial charge in [-0.2, -0.15) is 0 Å². The molecular weight excluding hydrogens is 310 g/mol. The Morgan fingerprint density at radius 2 is 2.33 bits per heavy atom. The number of aromatic nitrogens is 1. The highest BCUT2D eigenvalue weighted by atomic mass is 35.5. The zero-order valence-corrected chi connectivity index (χ0v) is 13.6. The zero-order valence-electron chi connectivity index (χ0n) is 12.0. The summed E-state index contributed by atoms with van der Waals surface area (Å²) < 4.78 is 5.54. The number of nitrogens with one attached hydrogen (secondary N) is 1. The van der Waals surface area contributed by atoms with Crippen LogP contribution in [0.15, 0.2) is 21.9 Å². The highest BCUT2D eigenvalue weighted by molar-refractivity contribution is 7.13. The predicted molar refractivity (Wildman–Crippen MR) is 85.2 cm³/mol. The normalized spacial score (nSPS) is 18.4. The van der Waals surface area contributed by atoms with Crippen LogP contribution < -0.4 is 5.32 Å². The topological polar surface area (TPSA) is 58.4 Å². The molecule has 0 spiro atoms. The summed E-state index contributed by atoms with van der Waals surface area (Å²) in [7, 11) is 0. The second-order valence-corrected chi connectivity index (χ2v) is 5.86. The molecule has 0 saturated carbocycles. The number of carbonyl (C=O) groups is 1. The van der Waals surface area contributed by atoms with E-state index in [1.807, 2.05) is 36.3 Å². The van der Waals surface area contributed by atoms with E-state index in [9.17, 15) is 4.79 Å². The summed E-state index contributed by atoms with van der Waals surface area (Å²) in [6.45, 7) is 6.34. The zero-order chi connectivity index (χ0) is 14.1. The van der Waals surface area contributed by atoms with Crippen LogP contribution in [0.4, 0.5) is 0 Å². The summed E-state index contributed by atoms with van der Waals surface area (Å²) in [5, 5.41) is 5.84. The summed E-state index contributed by atoms with van der Waals surface area (Å²) in [4.78, 5) is 18.8. The Kier molecular flexibility index (Phi) is 5.03. The van der Waals surface area contributed by atoms with Crippen molar-refractivity contribution in [1.29, 1.82) is 0 Å². The molecule has 114 valence electrons. The summed E-state index contributed by atoms with van der Waals surface area (Å²) in [6, 6.07) is 3.99. The van der Waals surface area contributed by atoms with Gasteiger partial charge in [0.05, 0.1) is 0 Å². The molecule has 1 aliphatic rings. The van der Waals surface area contributed by atoms with E-state index < -0.39 is 0 Å². The van der Waals surface area contributed by atoms with Crippen molar-refractivity contribution >= 4 is 29.7 Å². The molecule has 1 aliphatic heterocycles. The third kappa shape index (κ3) is 3.28. The fourth-order valence-corrected chi connectivity index (χ4v) is 3.08. The largest absolute Gasteiger partial charge is 0.459 e. The van der Waals surface area contributed by atoms with Crippen molar-refractivity contribution in [3.05, 3.63) is 29.0 Å². The van der Waals surface area contributed by atoms with Gasteiger partial charge in [-0.15, -0.1) is 23.7 Å². The Hall–Kier alpha value is -1.37. The van der Waals surface area contributed by atoms with Crippen molar-refractivity contribution in [1.82, 2.24) is 15.2 Å². The first-order valence-electron chi connectivity index (χ1n) is 6.69. The Bertz CT molecular complexity index is 625. The van der Waals surface area contributed by atoms with Crippen LogP contribution in [0.3, 0.4) is 0 Å². The third-order valence-corrected chi connectivity index (χ3v) is 4.29. The maximum Gasteiger partial charge on any atom is 0.273 e. The van der Waals surface area contributed by atoms with Crippen LogP contribution in [0.1, 0.15) is 23.2 Å². The Labute approximate surface area is 133 Å². The molecule has 1 saturated heterocycles. The monoisotopic (exact) mass is 327 g/mol. The van der Waals surface area contributed by atoms with Crippen LogP contribution in [0.25, 0.3) is 10.8 Å². The van der Waals surface area contributed by atoms with Gasteiger partial charge in [-0.25, -0.2) is 4.98 Å². The lowest BCUT2D eigenvalue weighted by Crippen LogP contribution is -2.52. The minimum atomic E-state index is 0. The molecular formula is C14H18ClN3O2S. The van der Waals surface area contributed by atoms with Gasteiger partial charge in [0, 0.05) is 31.1 Å². The van der Waals surface area contributed by atoms with Crippen LogP contribution in [-0.2, 0) is 0 Å². The van der Waals surface area contributed by atoms with E-state index in [0.29, 0.717) is 5.69 Å². The van der Waals surface area contributed by atoms with Gasteiger partial charge in [0.25, 0.3) is 5.91 Å². The van der Waals surface area contributed by atoms with Crippen molar-refractivity contribution in [3.8, 4) is 10.8 Å². The summed E-state index contributed by atoms with van der Waals surface area (Å²) >= 11 is 1.44. The quantitative estimate of drug-likeness (QED) is 0.921. The summed E-state index contributed by atoms with van der Waals surface area (Å²) in [5.41, 5.74) is 0.507. The number of halogens is 1. The molecule has 1 fully saturated rings. The van der Waals surface area contributed by atoms with Crippen LogP contribution >= 0.6 is 23.7 Å². The van der Waals surface area contributed by atoms with Gasteiger partial charge in [-0.1, -0.05) is 0 Å². The molecule has 5 nitrogen and oxygen atoms in total. The molecule has 0 aliphatic carbocycles. The minimum Gasteiger partial charge on any atom is -0.459 e. The maximum atomic E-state index is 12.5. The average Bonchev–Trinajstić information content (AvgIpc) is 3.07. The molecule has 0 unspecified atom stereocenters. The molecule has 2 aromatic rings. The molecule has 7 heteroatoms. The molecule has 21 heavy (non-hydrogen) atoms. The molecule has 3 heterocycles. The first-order valence-corrected chi connectivity index (χ1v) is 7.57. The lowest BCUT2D eigenvalue weighted by Gasteiger charge is -2.33. The Morgan fingerprint density at radius 3 is 3.00 bits per heavy atom. The number of thiazole rings is 1. The molecule has 1 atom stereocenters. The minimum absolute atomic E-state index is 0. The molecule has 1 amide bonds. The van der Waals surface area contributed by atoms with Gasteiger partial charge >= 0.3 is 0 Å². The van der Waals surface area contributed by atoms with Crippen molar-refractivity contribution < 1.29 is 9.21 Å². The smallest absolute Gasteiger partial charge is 0.273 e. The van der Waals surface area contributed by atoms with Crippen LogP contribution in [0.5, 0.6) is 0 Å². The van der Waals surface area contributed by atoms with E-state index in [0.717, 1.165) is 36.2 Å². The van der Waals surface area contributed by atoms with E-state index >= 15 is 0 Å². The molecule has 2 aromatic heterocycles. The predicted octanol–water partition coefficient (Wildman–Crippen LogP) is 2.57. The van der Waals surface area contributed by atoms with E-state index in [-0.39, 0.29) is 24.4 Å². The Balaban J connectivity index is 0.00000161.